The van der Waals surface area contributed by atoms with E-state index in [2.05, 4.69) is 6.92 Å². The number of likely N-dealkylation sites (tertiary alicyclic amines) is 1. The Labute approximate surface area is 150 Å². The maximum atomic E-state index is 13.6. The minimum atomic E-state index is -0.893. The number of furan rings is 1. The molecular weight excluding hydrogens is 338 g/mol. The zero-order valence-corrected chi connectivity index (χ0v) is 14.5. The van der Waals surface area contributed by atoms with E-state index >= 15 is 0 Å². The molecule has 1 fully saturated rings. The van der Waals surface area contributed by atoms with Crippen LogP contribution in [0.3, 0.4) is 0 Å². The van der Waals surface area contributed by atoms with E-state index in [9.17, 15) is 13.6 Å². The first-order valence-electron chi connectivity index (χ1n) is 8.83. The Hall–Kier alpha value is -2.63. The van der Waals surface area contributed by atoms with Gasteiger partial charge in [-0.25, -0.2) is 8.78 Å². The molecule has 2 aromatic heterocycles. The Morgan fingerprint density at radius 1 is 1.15 bits per heavy atom. The monoisotopic (exact) mass is 358 g/mol. The number of fused-ring (bicyclic) bond motifs is 1. The van der Waals surface area contributed by atoms with E-state index in [1.54, 1.807) is 18.4 Å². The normalized spacial score (nSPS) is 15.7. The summed E-state index contributed by atoms with van der Waals surface area (Å²) in [4.78, 5) is 14.9. The molecule has 0 saturated carbocycles. The zero-order chi connectivity index (χ0) is 18.3. The molecule has 4 rings (SSSR count). The average molecular weight is 358 g/mol. The largest absolute Gasteiger partial charge is 0.463 e. The zero-order valence-electron chi connectivity index (χ0n) is 14.5. The second-order valence-electron chi connectivity index (χ2n) is 7.01. The van der Waals surface area contributed by atoms with Crippen LogP contribution in [0.4, 0.5) is 8.78 Å². The molecule has 0 atom stereocenters. The predicted molar refractivity (Wildman–Crippen MR) is 94.0 cm³/mol. The summed E-state index contributed by atoms with van der Waals surface area (Å²) >= 11 is 0. The molecule has 0 radical (unpaired) electrons. The van der Waals surface area contributed by atoms with Gasteiger partial charge in [-0.05, 0) is 36.5 Å². The fourth-order valence-electron chi connectivity index (χ4n) is 3.52. The first kappa shape index (κ1) is 16.8. The quantitative estimate of drug-likeness (QED) is 0.695. The van der Waals surface area contributed by atoms with Gasteiger partial charge >= 0.3 is 0 Å². The average Bonchev–Trinajstić information content (AvgIpc) is 3.21. The van der Waals surface area contributed by atoms with Crippen LogP contribution >= 0.6 is 0 Å². The van der Waals surface area contributed by atoms with Crippen LogP contribution in [0.5, 0.6) is 0 Å². The molecule has 0 bridgehead atoms. The fraction of sp³-hybridized carbons (Fsp3) is 0.350. The molecule has 0 N–H and O–H groups in total. The minimum absolute atomic E-state index is 0.0501. The lowest BCUT2D eigenvalue weighted by molar-refractivity contribution is 0.0687. The second-order valence-corrected chi connectivity index (χ2v) is 7.01. The molecule has 136 valence electrons. The maximum absolute atomic E-state index is 13.6. The Morgan fingerprint density at radius 2 is 1.92 bits per heavy atom. The summed E-state index contributed by atoms with van der Waals surface area (Å²) in [6.45, 7) is 3.93. The smallest absolute Gasteiger partial charge is 0.270 e. The number of halogens is 2. The molecule has 3 heterocycles. The Balaban J connectivity index is 1.69. The molecule has 1 amide bonds. The topological polar surface area (TPSA) is 38.4 Å². The van der Waals surface area contributed by atoms with Gasteiger partial charge in [0.1, 0.15) is 5.69 Å². The van der Waals surface area contributed by atoms with Gasteiger partial charge in [0, 0.05) is 31.8 Å². The van der Waals surface area contributed by atoms with E-state index in [0.29, 0.717) is 22.8 Å². The van der Waals surface area contributed by atoms with Crippen LogP contribution in [-0.4, -0.2) is 28.5 Å². The molecule has 26 heavy (non-hydrogen) atoms. The predicted octanol–water partition coefficient (Wildman–Crippen LogP) is 4.43. The van der Waals surface area contributed by atoms with Crippen LogP contribution in [0, 0.1) is 17.6 Å². The molecule has 1 aliphatic heterocycles. The number of carbonyl (C=O) groups excluding carboxylic acids is 1. The Bertz CT molecular complexity index is 952. The standard InChI is InChI=1S/C20H20F2N2O2/c1-13-4-7-23(8-5-13)20(25)18-11-19-17(6-9-26-19)24(18)12-14-2-3-15(21)16(22)10-14/h2-3,6,9-11,13H,4-5,7-8,12H2,1H3. The second kappa shape index (κ2) is 6.59. The van der Waals surface area contributed by atoms with Gasteiger partial charge in [-0.1, -0.05) is 13.0 Å². The Morgan fingerprint density at radius 3 is 2.65 bits per heavy atom. The van der Waals surface area contributed by atoms with Gasteiger partial charge in [0.05, 0.1) is 11.8 Å². The number of carbonyl (C=O) groups is 1. The van der Waals surface area contributed by atoms with Gasteiger partial charge in [0.15, 0.2) is 17.2 Å². The van der Waals surface area contributed by atoms with E-state index in [0.717, 1.165) is 43.6 Å². The molecular formula is C20H20F2N2O2. The molecule has 3 aromatic rings. The fourth-order valence-corrected chi connectivity index (χ4v) is 3.52. The molecule has 1 aliphatic rings. The lowest BCUT2D eigenvalue weighted by Gasteiger charge is -2.30. The summed E-state index contributed by atoms with van der Waals surface area (Å²) in [6.07, 6.45) is 3.54. The number of hydrogen-bond donors (Lipinski definition) is 0. The number of benzene rings is 1. The third-order valence-corrected chi connectivity index (χ3v) is 5.14. The summed E-state index contributed by atoms with van der Waals surface area (Å²) in [6, 6.07) is 7.31. The van der Waals surface area contributed by atoms with Crippen molar-refractivity contribution in [3.05, 3.63) is 59.5 Å². The van der Waals surface area contributed by atoms with Gasteiger partial charge in [0.2, 0.25) is 0 Å². The van der Waals surface area contributed by atoms with Crippen LogP contribution in [0.15, 0.2) is 41.0 Å². The molecule has 0 aliphatic carbocycles. The van der Waals surface area contributed by atoms with Crippen molar-refractivity contribution in [3.8, 4) is 0 Å². The molecule has 4 nitrogen and oxygen atoms in total. The van der Waals surface area contributed by atoms with Gasteiger partial charge in [-0.2, -0.15) is 0 Å². The summed E-state index contributed by atoms with van der Waals surface area (Å²) in [5.74, 6) is -1.19. The molecule has 1 saturated heterocycles. The highest BCUT2D eigenvalue weighted by atomic mass is 19.2. The minimum Gasteiger partial charge on any atom is -0.463 e. The number of piperidine rings is 1. The molecule has 0 spiro atoms. The maximum Gasteiger partial charge on any atom is 0.270 e. The van der Waals surface area contributed by atoms with Gasteiger partial charge in [0.25, 0.3) is 5.91 Å². The van der Waals surface area contributed by atoms with Gasteiger partial charge in [-0.3, -0.25) is 4.79 Å². The van der Waals surface area contributed by atoms with Crippen molar-refractivity contribution in [1.82, 2.24) is 9.47 Å². The van der Waals surface area contributed by atoms with Crippen molar-refractivity contribution >= 4 is 17.0 Å². The molecule has 1 aromatic carbocycles. The SMILES string of the molecule is CC1CCN(C(=O)c2cc3occc3n2Cc2ccc(F)c(F)c2)CC1. The number of nitrogens with zero attached hydrogens (tertiary/aromatic N) is 2. The van der Waals surface area contributed by atoms with Crippen molar-refractivity contribution in [2.45, 2.75) is 26.3 Å². The third-order valence-electron chi connectivity index (χ3n) is 5.14. The third kappa shape index (κ3) is 3.00. The number of hydrogen-bond acceptors (Lipinski definition) is 2. The van der Waals surface area contributed by atoms with Crippen molar-refractivity contribution in [1.29, 1.82) is 0 Å². The lowest BCUT2D eigenvalue weighted by atomic mass is 9.99. The van der Waals surface area contributed by atoms with E-state index < -0.39 is 11.6 Å². The van der Waals surface area contributed by atoms with Crippen molar-refractivity contribution in [3.63, 3.8) is 0 Å². The first-order chi connectivity index (χ1) is 12.5. The summed E-state index contributed by atoms with van der Waals surface area (Å²) in [7, 11) is 0. The highest BCUT2D eigenvalue weighted by Crippen LogP contribution is 2.26. The molecule has 6 heteroatoms. The van der Waals surface area contributed by atoms with Crippen LogP contribution < -0.4 is 0 Å². The number of aromatic nitrogens is 1. The highest BCUT2D eigenvalue weighted by Gasteiger charge is 2.25. The van der Waals surface area contributed by atoms with E-state index in [1.165, 1.54) is 6.07 Å². The highest BCUT2D eigenvalue weighted by molar-refractivity contribution is 5.97. The van der Waals surface area contributed by atoms with Crippen molar-refractivity contribution in [2.75, 3.05) is 13.1 Å². The molecule has 0 unspecified atom stereocenters. The van der Waals surface area contributed by atoms with Crippen molar-refractivity contribution in [2.24, 2.45) is 5.92 Å². The lowest BCUT2D eigenvalue weighted by Crippen LogP contribution is -2.38. The summed E-state index contributed by atoms with van der Waals surface area (Å²) in [5.41, 5.74) is 2.48. The van der Waals surface area contributed by atoms with E-state index in [-0.39, 0.29) is 12.5 Å². The first-order valence-corrected chi connectivity index (χ1v) is 8.83. The van der Waals surface area contributed by atoms with E-state index in [4.69, 9.17) is 4.42 Å². The van der Waals surface area contributed by atoms with E-state index in [1.807, 2.05) is 9.47 Å². The van der Waals surface area contributed by atoms with Crippen LogP contribution in [0.1, 0.15) is 35.8 Å². The van der Waals surface area contributed by atoms with Crippen LogP contribution in [-0.2, 0) is 6.54 Å². The summed E-state index contributed by atoms with van der Waals surface area (Å²) in [5, 5.41) is 0. The number of rotatable bonds is 3. The van der Waals surface area contributed by atoms with Crippen LogP contribution in [0.25, 0.3) is 11.1 Å². The number of amides is 1. The summed E-state index contributed by atoms with van der Waals surface area (Å²) < 4.78 is 34.0. The van der Waals surface area contributed by atoms with Gasteiger partial charge < -0.3 is 13.9 Å². The van der Waals surface area contributed by atoms with Crippen molar-refractivity contribution < 1.29 is 18.0 Å². The van der Waals surface area contributed by atoms with Crippen LogP contribution in [0.2, 0.25) is 0 Å². The Kier molecular flexibility index (Phi) is 4.26. The van der Waals surface area contributed by atoms with Gasteiger partial charge in [-0.15, -0.1) is 0 Å².